The predicted molar refractivity (Wildman–Crippen MR) is 165 cm³/mol. The molecule has 1 aliphatic rings. The molecule has 0 unspecified atom stereocenters. The van der Waals surface area contributed by atoms with E-state index in [2.05, 4.69) is 29.4 Å². The molecule has 7 nitrogen and oxygen atoms in total. The molecule has 1 N–H and O–H groups in total. The number of aliphatic carboxylic acids is 1. The van der Waals surface area contributed by atoms with Crippen LogP contribution in [-0.2, 0) is 18.3 Å². The van der Waals surface area contributed by atoms with Crippen molar-refractivity contribution in [1.82, 2.24) is 14.8 Å². The normalized spacial score (nSPS) is 13.0. The van der Waals surface area contributed by atoms with E-state index >= 15 is 4.39 Å². The summed E-state index contributed by atoms with van der Waals surface area (Å²) >= 11 is 1.43. The smallest absolute Gasteiger partial charge is 0.307 e. The van der Waals surface area contributed by atoms with Gasteiger partial charge in [0.05, 0.1) is 40.5 Å². The molecule has 7 rings (SSSR count). The topological polar surface area (TPSA) is 94.3 Å². The number of aromatic nitrogens is 3. The van der Waals surface area contributed by atoms with Gasteiger partial charge in [0.15, 0.2) is 17.3 Å². The second-order valence-corrected chi connectivity index (χ2v) is 11.9. The van der Waals surface area contributed by atoms with Crippen LogP contribution in [0.3, 0.4) is 0 Å². The van der Waals surface area contributed by atoms with E-state index in [0.29, 0.717) is 27.8 Å². The van der Waals surface area contributed by atoms with Crippen LogP contribution in [0.5, 0.6) is 5.75 Å². The number of ether oxygens (including phenoxy) is 1. The Balaban J connectivity index is 1.42. The summed E-state index contributed by atoms with van der Waals surface area (Å²) in [6, 6.07) is 17.6. The summed E-state index contributed by atoms with van der Waals surface area (Å²) in [5, 5.41) is 16.0. The first-order valence-electron chi connectivity index (χ1n) is 13.9. The number of thiazole rings is 1. The molecule has 0 bridgehead atoms. The number of hydrogen-bond acceptors (Lipinski definition) is 6. The first kappa shape index (κ1) is 27.0. The molecule has 6 aromatic rings. The van der Waals surface area contributed by atoms with Crippen molar-refractivity contribution in [2.75, 3.05) is 6.61 Å². The SMILES string of the molecule is Cc1cc2nc(-c3cccc(-c4ccc5c(cnn5C)c4)c3)sc2c(-c2cc(F)c3c(c2C)C(=O)CCO3)c1CC(=O)O. The fourth-order valence-corrected chi connectivity index (χ4v) is 7.16. The molecule has 0 spiro atoms. The maximum Gasteiger partial charge on any atom is 0.307 e. The van der Waals surface area contributed by atoms with Gasteiger partial charge in [-0.3, -0.25) is 14.3 Å². The molecule has 2 aromatic heterocycles. The van der Waals surface area contributed by atoms with Crippen LogP contribution >= 0.6 is 11.3 Å². The molecule has 3 heterocycles. The van der Waals surface area contributed by atoms with Crippen LogP contribution in [0.25, 0.3) is 53.9 Å². The fourth-order valence-electron chi connectivity index (χ4n) is 6.03. The van der Waals surface area contributed by atoms with E-state index in [1.807, 2.05) is 49.1 Å². The standard InChI is InChI=1S/C34H26FN3O4S/c1-17-11-26-33(31(23(17)15-29(40)41)24-14-25(35)32-30(18(24)2)28(39)9-10-42-32)43-34(37-26)21-6-4-5-19(12-21)20-7-8-27-22(13-20)16-36-38(27)3/h4-8,11-14,16H,9-10,15H2,1-3H3,(H,40,41). The molecule has 0 radical (unpaired) electrons. The molecular formula is C34H26FN3O4S. The van der Waals surface area contributed by atoms with Gasteiger partial charge in [0.25, 0.3) is 0 Å². The molecule has 0 aliphatic carbocycles. The number of fused-ring (bicyclic) bond motifs is 3. The zero-order valence-corrected chi connectivity index (χ0v) is 24.5. The molecule has 0 saturated heterocycles. The van der Waals surface area contributed by atoms with Gasteiger partial charge in [-0.25, -0.2) is 9.37 Å². The van der Waals surface area contributed by atoms with Gasteiger partial charge in [0, 0.05) is 30.0 Å². The zero-order valence-electron chi connectivity index (χ0n) is 23.7. The molecule has 1 aliphatic heterocycles. The first-order valence-corrected chi connectivity index (χ1v) is 14.7. The maximum atomic E-state index is 15.4. The average Bonchev–Trinajstić information content (AvgIpc) is 3.58. The lowest BCUT2D eigenvalue weighted by Gasteiger charge is -2.22. The van der Waals surface area contributed by atoms with Crippen molar-refractivity contribution in [3.8, 4) is 38.6 Å². The highest BCUT2D eigenvalue weighted by atomic mass is 32.1. The molecule has 0 amide bonds. The van der Waals surface area contributed by atoms with E-state index < -0.39 is 11.8 Å². The molecule has 43 heavy (non-hydrogen) atoms. The van der Waals surface area contributed by atoms with Crippen LogP contribution in [0, 0.1) is 19.7 Å². The van der Waals surface area contributed by atoms with Crippen LogP contribution in [0.2, 0.25) is 0 Å². The van der Waals surface area contributed by atoms with Crippen LogP contribution in [0.4, 0.5) is 4.39 Å². The second-order valence-electron chi connectivity index (χ2n) is 10.9. The van der Waals surface area contributed by atoms with Crippen molar-refractivity contribution < 1.29 is 23.8 Å². The Labute approximate surface area is 250 Å². The van der Waals surface area contributed by atoms with E-state index in [-0.39, 0.29) is 36.5 Å². The quantitative estimate of drug-likeness (QED) is 0.223. The maximum absolute atomic E-state index is 15.4. The number of carboxylic acids is 1. The third-order valence-electron chi connectivity index (χ3n) is 8.15. The van der Waals surface area contributed by atoms with E-state index in [0.717, 1.165) is 42.9 Å². The minimum atomic E-state index is -0.998. The number of ketones is 1. The molecule has 0 atom stereocenters. The second kappa shape index (κ2) is 10.1. The number of Topliss-reactive ketones (excluding diaryl/α,β-unsaturated/α-hetero) is 1. The minimum absolute atomic E-state index is 0.0348. The van der Waals surface area contributed by atoms with Gasteiger partial charge < -0.3 is 9.84 Å². The number of rotatable bonds is 5. The van der Waals surface area contributed by atoms with Gasteiger partial charge in [-0.05, 0) is 77.6 Å². The van der Waals surface area contributed by atoms with Gasteiger partial charge in [-0.1, -0.05) is 24.3 Å². The Bertz CT molecular complexity index is 2150. The molecule has 0 fully saturated rings. The Morgan fingerprint density at radius 1 is 1.07 bits per heavy atom. The summed E-state index contributed by atoms with van der Waals surface area (Å²) in [7, 11) is 1.92. The zero-order chi connectivity index (χ0) is 30.0. The lowest BCUT2D eigenvalue weighted by atomic mass is 9.87. The van der Waals surface area contributed by atoms with Gasteiger partial charge in [0.2, 0.25) is 0 Å². The van der Waals surface area contributed by atoms with Crippen molar-refractivity contribution in [2.45, 2.75) is 26.7 Å². The summed E-state index contributed by atoms with van der Waals surface area (Å²) < 4.78 is 23.5. The average molecular weight is 592 g/mol. The summed E-state index contributed by atoms with van der Waals surface area (Å²) in [4.78, 5) is 29.9. The summed E-state index contributed by atoms with van der Waals surface area (Å²) in [6.07, 6.45) is 1.76. The lowest BCUT2D eigenvalue weighted by molar-refractivity contribution is -0.136. The van der Waals surface area contributed by atoms with Gasteiger partial charge in [0.1, 0.15) is 5.01 Å². The molecular weight excluding hydrogens is 565 g/mol. The third-order valence-corrected chi connectivity index (χ3v) is 9.28. The summed E-state index contributed by atoms with van der Waals surface area (Å²) in [5.74, 6) is -1.85. The minimum Gasteiger partial charge on any atom is -0.489 e. The van der Waals surface area contributed by atoms with Crippen LogP contribution < -0.4 is 4.74 Å². The van der Waals surface area contributed by atoms with E-state index in [1.165, 1.54) is 17.4 Å². The number of carbonyl (C=O) groups excluding carboxylic acids is 1. The third kappa shape index (κ3) is 4.47. The van der Waals surface area contributed by atoms with Crippen LogP contribution in [-0.4, -0.2) is 38.2 Å². The number of halogens is 1. The van der Waals surface area contributed by atoms with Gasteiger partial charge in [-0.15, -0.1) is 11.3 Å². The molecule has 9 heteroatoms. The molecule has 4 aromatic carbocycles. The number of aryl methyl sites for hydroxylation is 2. The Morgan fingerprint density at radius 3 is 2.67 bits per heavy atom. The van der Waals surface area contributed by atoms with Crippen molar-refractivity contribution in [3.63, 3.8) is 0 Å². The number of hydrogen-bond donors (Lipinski definition) is 1. The molecule has 0 saturated carbocycles. The highest BCUT2D eigenvalue weighted by Crippen LogP contribution is 2.45. The van der Waals surface area contributed by atoms with Crippen molar-refractivity contribution >= 4 is 44.2 Å². The van der Waals surface area contributed by atoms with Crippen molar-refractivity contribution in [1.29, 1.82) is 0 Å². The number of carboxylic acid groups (broad SMARTS) is 1. The highest BCUT2D eigenvalue weighted by Gasteiger charge is 2.29. The number of carbonyl (C=O) groups is 2. The van der Waals surface area contributed by atoms with Gasteiger partial charge >= 0.3 is 5.97 Å². The number of nitrogens with zero attached hydrogens (tertiary/aromatic N) is 3. The fraction of sp³-hybridized carbons (Fsp3) is 0.176. The largest absolute Gasteiger partial charge is 0.489 e. The highest BCUT2D eigenvalue weighted by molar-refractivity contribution is 7.22. The monoisotopic (exact) mass is 591 g/mol. The summed E-state index contributed by atoms with van der Waals surface area (Å²) in [6.45, 7) is 3.74. The predicted octanol–water partition coefficient (Wildman–Crippen LogP) is 7.53. The van der Waals surface area contributed by atoms with Gasteiger partial charge in [-0.2, -0.15) is 5.10 Å². The van der Waals surface area contributed by atoms with Crippen molar-refractivity contribution in [3.05, 3.63) is 88.9 Å². The summed E-state index contributed by atoms with van der Waals surface area (Å²) in [5.41, 5.74) is 7.89. The van der Waals surface area contributed by atoms with E-state index in [9.17, 15) is 14.7 Å². The van der Waals surface area contributed by atoms with Crippen LogP contribution in [0.15, 0.2) is 60.8 Å². The lowest BCUT2D eigenvalue weighted by Crippen LogP contribution is -2.18. The Kier molecular flexibility index (Phi) is 6.36. The Morgan fingerprint density at radius 2 is 1.86 bits per heavy atom. The Hall–Kier alpha value is -4.89. The van der Waals surface area contributed by atoms with Crippen molar-refractivity contribution in [2.24, 2.45) is 7.05 Å². The van der Waals surface area contributed by atoms with E-state index in [1.54, 1.807) is 6.92 Å². The van der Waals surface area contributed by atoms with Crippen LogP contribution in [0.1, 0.15) is 33.5 Å². The number of benzene rings is 4. The van der Waals surface area contributed by atoms with E-state index in [4.69, 9.17) is 9.72 Å². The first-order chi connectivity index (χ1) is 20.7. The molecule has 214 valence electrons.